The largest absolute Gasteiger partial charge is 0.369 e. The Kier molecular flexibility index (Phi) is 6.27. The van der Waals surface area contributed by atoms with Gasteiger partial charge in [0, 0.05) is 25.2 Å². The zero-order chi connectivity index (χ0) is 23.0. The Labute approximate surface area is 192 Å². The maximum absolute atomic E-state index is 13.6. The number of nitrogens with one attached hydrogen (secondary N) is 1. The fraction of sp³-hybridized carbons (Fsp3) is 0.692. The summed E-state index contributed by atoms with van der Waals surface area (Å²) in [5, 5.41) is 3.80. The van der Waals surface area contributed by atoms with Crippen molar-refractivity contribution in [3.63, 3.8) is 0 Å². The third-order valence-corrected chi connectivity index (χ3v) is 8.35. The highest BCUT2D eigenvalue weighted by molar-refractivity contribution is 5.83. The van der Waals surface area contributed by atoms with Crippen LogP contribution in [-0.4, -0.2) is 53.5 Å². The second kappa shape index (κ2) is 8.69. The van der Waals surface area contributed by atoms with Crippen LogP contribution in [0.2, 0.25) is 0 Å². The van der Waals surface area contributed by atoms with Gasteiger partial charge < -0.3 is 20.9 Å². The average Bonchev–Trinajstić information content (AvgIpc) is 2.98. The summed E-state index contributed by atoms with van der Waals surface area (Å²) in [6, 6.07) is 10.9. The molecular weight excluding hydrogens is 400 g/mol. The van der Waals surface area contributed by atoms with Crippen molar-refractivity contribution in [3.8, 4) is 0 Å². The molecular formula is C26H40N4O2. The maximum atomic E-state index is 13.6. The molecule has 3 N–H and O–H groups in total. The molecule has 3 fully saturated rings. The number of nitrogens with zero attached hydrogens (tertiary/aromatic N) is 2. The van der Waals surface area contributed by atoms with Crippen LogP contribution in [0.15, 0.2) is 30.3 Å². The Morgan fingerprint density at radius 2 is 1.81 bits per heavy atom. The number of amides is 3. The van der Waals surface area contributed by atoms with Gasteiger partial charge >= 0.3 is 6.03 Å². The average molecular weight is 441 g/mol. The quantitative estimate of drug-likeness (QED) is 0.644. The van der Waals surface area contributed by atoms with Crippen molar-refractivity contribution < 1.29 is 9.59 Å². The molecule has 6 heteroatoms. The highest BCUT2D eigenvalue weighted by Gasteiger charge is 2.55. The van der Waals surface area contributed by atoms with E-state index in [2.05, 4.69) is 47.5 Å². The summed E-state index contributed by atoms with van der Waals surface area (Å²) in [6.07, 6.45) is 7.67. The predicted octanol–water partition coefficient (Wildman–Crippen LogP) is 3.85. The maximum Gasteiger partial charge on any atom is 0.320 e. The SMILES string of the molecule is CCN[C@]1(c2ccccc2)CC[C@]2(CC1)CN(CC(C)(C)C(N)=O)C(=O)N2CC1CCC1. The van der Waals surface area contributed by atoms with Crippen LogP contribution in [-0.2, 0) is 10.3 Å². The van der Waals surface area contributed by atoms with Gasteiger partial charge in [0.15, 0.2) is 0 Å². The topological polar surface area (TPSA) is 78.7 Å². The first kappa shape index (κ1) is 23.1. The molecule has 1 spiro atoms. The molecule has 0 aromatic heterocycles. The van der Waals surface area contributed by atoms with Gasteiger partial charge in [-0.3, -0.25) is 4.79 Å². The number of hydrogen-bond donors (Lipinski definition) is 2. The van der Waals surface area contributed by atoms with Crippen LogP contribution >= 0.6 is 0 Å². The molecule has 0 radical (unpaired) electrons. The first-order chi connectivity index (χ1) is 15.2. The molecule has 2 aliphatic carbocycles. The predicted molar refractivity (Wildman–Crippen MR) is 127 cm³/mol. The van der Waals surface area contributed by atoms with Crippen LogP contribution in [0.5, 0.6) is 0 Å². The normalized spacial score (nSPS) is 28.9. The van der Waals surface area contributed by atoms with Crippen LogP contribution in [0.3, 0.4) is 0 Å². The zero-order valence-corrected chi connectivity index (χ0v) is 20.0. The summed E-state index contributed by atoms with van der Waals surface area (Å²) in [6.45, 7) is 8.72. The molecule has 0 unspecified atom stereocenters. The van der Waals surface area contributed by atoms with E-state index in [4.69, 9.17) is 5.73 Å². The second-order valence-corrected chi connectivity index (χ2v) is 11.0. The standard InChI is InChI=1S/C26H40N4O2/c1-4-28-26(21-11-6-5-7-12-21)15-13-25(14-16-26)19-29(18-24(2,3)22(27)31)23(32)30(25)17-20-9-8-10-20/h5-7,11-12,20,28H,4,8-10,13-19H2,1-3H3,(H2,27,31)/t25-,26+. The van der Waals surface area contributed by atoms with Crippen molar-refractivity contribution in [2.24, 2.45) is 17.1 Å². The minimum absolute atomic E-state index is 0.0354. The molecule has 0 bridgehead atoms. The fourth-order valence-corrected chi connectivity index (χ4v) is 6.00. The first-order valence-electron chi connectivity index (χ1n) is 12.4. The van der Waals surface area contributed by atoms with Gasteiger partial charge in [-0.15, -0.1) is 0 Å². The molecule has 1 aliphatic heterocycles. The van der Waals surface area contributed by atoms with Crippen LogP contribution in [0, 0.1) is 11.3 Å². The zero-order valence-electron chi connectivity index (χ0n) is 20.0. The van der Waals surface area contributed by atoms with E-state index in [1.54, 1.807) is 0 Å². The number of carbonyl (C=O) groups is 2. The van der Waals surface area contributed by atoms with Gasteiger partial charge in [-0.2, -0.15) is 0 Å². The van der Waals surface area contributed by atoms with Crippen molar-refractivity contribution in [1.29, 1.82) is 0 Å². The minimum atomic E-state index is -0.727. The first-order valence-corrected chi connectivity index (χ1v) is 12.4. The van der Waals surface area contributed by atoms with Crippen molar-refractivity contribution in [1.82, 2.24) is 15.1 Å². The molecule has 1 saturated heterocycles. The summed E-state index contributed by atoms with van der Waals surface area (Å²) in [4.78, 5) is 29.7. The van der Waals surface area contributed by atoms with Crippen LogP contribution in [0.25, 0.3) is 0 Å². The molecule has 1 aromatic carbocycles. The summed E-state index contributed by atoms with van der Waals surface area (Å²) in [7, 11) is 0. The van der Waals surface area contributed by atoms with Crippen LogP contribution in [0.4, 0.5) is 4.79 Å². The van der Waals surface area contributed by atoms with Crippen LogP contribution < -0.4 is 11.1 Å². The highest BCUT2D eigenvalue weighted by Crippen LogP contribution is 2.48. The second-order valence-electron chi connectivity index (χ2n) is 11.0. The van der Waals surface area contributed by atoms with E-state index in [1.165, 1.54) is 24.8 Å². The summed E-state index contributed by atoms with van der Waals surface area (Å²) in [5.74, 6) is 0.269. The number of benzene rings is 1. The lowest BCUT2D eigenvalue weighted by Gasteiger charge is -2.49. The van der Waals surface area contributed by atoms with E-state index in [9.17, 15) is 9.59 Å². The number of nitrogens with two attached hydrogens (primary N) is 1. The Balaban J connectivity index is 1.58. The van der Waals surface area contributed by atoms with E-state index >= 15 is 0 Å². The lowest BCUT2D eigenvalue weighted by atomic mass is 9.68. The molecule has 1 aromatic rings. The van der Waals surface area contributed by atoms with E-state index in [-0.39, 0.29) is 23.0 Å². The van der Waals surface area contributed by atoms with Gasteiger partial charge in [-0.05, 0) is 70.4 Å². The van der Waals surface area contributed by atoms with Gasteiger partial charge in [-0.1, -0.05) is 43.7 Å². The Morgan fingerprint density at radius 1 is 1.16 bits per heavy atom. The number of hydrogen-bond acceptors (Lipinski definition) is 3. The smallest absolute Gasteiger partial charge is 0.320 e. The van der Waals surface area contributed by atoms with E-state index in [0.717, 1.165) is 38.8 Å². The van der Waals surface area contributed by atoms with E-state index < -0.39 is 5.41 Å². The molecule has 0 atom stereocenters. The van der Waals surface area contributed by atoms with Gasteiger partial charge in [0.25, 0.3) is 0 Å². The number of urea groups is 1. The highest BCUT2D eigenvalue weighted by atomic mass is 16.2. The molecule has 6 nitrogen and oxygen atoms in total. The molecule has 3 amide bonds. The lowest BCUT2D eigenvalue weighted by molar-refractivity contribution is -0.126. The van der Waals surface area contributed by atoms with Gasteiger partial charge in [-0.25, -0.2) is 4.79 Å². The minimum Gasteiger partial charge on any atom is -0.369 e. The molecule has 2 saturated carbocycles. The van der Waals surface area contributed by atoms with Crippen LogP contribution in [0.1, 0.15) is 71.3 Å². The molecule has 176 valence electrons. The van der Waals surface area contributed by atoms with Crippen molar-refractivity contribution >= 4 is 11.9 Å². The lowest BCUT2D eigenvalue weighted by Crippen LogP contribution is -2.56. The fourth-order valence-electron chi connectivity index (χ4n) is 6.00. The molecule has 32 heavy (non-hydrogen) atoms. The van der Waals surface area contributed by atoms with Gasteiger partial charge in [0.1, 0.15) is 0 Å². The third-order valence-electron chi connectivity index (χ3n) is 8.35. The van der Waals surface area contributed by atoms with Gasteiger partial charge in [0.05, 0.1) is 11.0 Å². The number of rotatable bonds is 8. The van der Waals surface area contributed by atoms with Crippen molar-refractivity contribution in [2.45, 2.75) is 76.8 Å². The summed E-state index contributed by atoms with van der Waals surface area (Å²) >= 11 is 0. The third kappa shape index (κ3) is 4.14. The Bertz CT molecular complexity index is 825. The molecule has 4 rings (SSSR count). The van der Waals surface area contributed by atoms with Crippen molar-refractivity contribution in [3.05, 3.63) is 35.9 Å². The Morgan fingerprint density at radius 3 is 2.34 bits per heavy atom. The molecule has 1 heterocycles. The van der Waals surface area contributed by atoms with Gasteiger partial charge in [0.2, 0.25) is 5.91 Å². The molecule has 3 aliphatic rings. The monoisotopic (exact) mass is 440 g/mol. The van der Waals surface area contributed by atoms with Crippen molar-refractivity contribution in [2.75, 3.05) is 26.2 Å². The van der Waals surface area contributed by atoms with E-state index in [1.807, 2.05) is 18.7 Å². The van der Waals surface area contributed by atoms with E-state index in [0.29, 0.717) is 19.0 Å². The number of carbonyl (C=O) groups excluding carboxylic acids is 2. The number of primary amides is 1. The summed E-state index contributed by atoms with van der Waals surface area (Å²) < 4.78 is 0. The Hall–Kier alpha value is -2.08. The summed E-state index contributed by atoms with van der Waals surface area (Å²) in [5.41, 5.74) is 6.08.